The lowest BCUT2D eigenvalue weighted by Gasteiger charge is -2.14. The molecule has 0 aliphatic carbocycles. The van der Waals surface area contributed by atoms with Crippen LogP contribution in [0.25, 0.3) is 0 Å². The highest BCUT2D eigenvalue weighted by Crippen LogP contribution is 2.28. The minimum absolute atomic E-state index is 0.188. The van der Waals surface area contributed by atoms with Crippen LogP contribution < -0.4 is 25.4 Å². The number of rotatable bonds is 12. The predicted molar refractivity (Wildman–Crippen MR) is 122 cm³/mol. The number of benzene rings is 1. The first-order valence-electron chi connectivity index (χ1n) is 10.7. The molecule has 0 saturated carbocycles. The number of nitrogens with zero attached hydrogens (tertiary/aromatic N) is 1. The molecule has 1 amide bonds. The zero-order valence-corrected chi connectivity index (χ0v) is 18.9. The van der Waals surface area contributed by atoms with Crippen molar-refractivity contribution in [2.45, 2.75) is 33.6 Å². The summed E-state index contributed by atoms with van der Waals surface area (Å²) in [7, 11) is 1.74. The number of carbonyl (C=O) groups excluding carboxylic acids is 1. The van der Waals surface area contributed by atoms with Crippen molar-refractivity contribution in [1.29, 1.82) is 0 Å². The minimum atomic E-state index is -0.188. The third-order valence-corrected chi connectivity index (χ3v) is 4.54. The molecular weight excluding hydrogens is 396 g/mol. The summed E-state index contributed by atoms with van der Waals surface area (Å²) in [5, 5.41) is 9.41. The molecule has 0 unspecified atom stereocenters. The zero-order valence-electron chi connectivity index (χ0n) is 18.9. The highest BCUT2D eigenvalue weighted by Gasteiger charge is 2.11. The van der Waals surface area contributed by atoms with Gasteiger partial charge in [-0.1, -0.05) is 6.07 Å². The summed E-state index contributed by atoms with van der Waals surface area (Å²) in [4.78, 5) is 16.2. The van der Waals surface area contributed by atoms with Crippen LogP contribution in [0.15, 0.2) is 39.9 Å². The second kappa shape index (κ2) is 13.2. The van der Waals surface area contributed by atoms with Gasteiger partial charge in [-0.3, -0.25) is 9.79 Å². The summed E-state index contributed by atoms with van der Waals surface area (Å²) < 4.78 is 16.5. The molecule has 0 spiro atoms. The third kappa shape index (κ3) is 7.88. The van der Waals surface area contributed by atoms with E-state index in [4.69, 9.17) is 13.9 Å². The fourth-order valence-electron chi connectivity index (χ4n) is 2.98. The molecule has 0 radical (unpaired) electrons. The van der Waals surface area contributed by atoms with Gasteiger partial charge in [0.2, 0.25) is 0 Å². The Morgan fingerprint density at radius 3 is 2.39 bits per heavy atom. The van der Waals surface area contributed by atoms with Gasteiger partial charge in [-0.2, -0.15) is 0 Å². The molecule has 1 aromatic heterocycles. The van der Waals surface area contributed by atoms with Crippen LogP contribution in [-0.4, -0.2) is 51.8 Å². The SMILES string of the molecule is CCOc1ccc(CCNC(=NC)NCCCNC(=O)c2occc2C)cc1OCC. The highest BCUT2D eigenvalue weighted by molar-refractivity contribution is 5.92. The number of furan rings is 1. The van der Waals surface area contributed by atoms with Crippen LogP contribution in [0.2, 0.25) is 0 Å². The molecule has 0 saturated heterocycles. The summed E-state index contributed by atoms with van der Waals surface area (Å²) in [5.41, 5.74) is 1.99. The Hall–Kier alpha value is -3.16. The van der Waals surface area contributed by atoms with Crippen molar-refractivity contribution in [2.24, 2.45) is 4.99 Å². The number of aryl methyl sites for hydroxylation is 1. The van der Waals surface area contributed by atoms with E-state index in [2.05, 4.69) is 27.0 Å². The van der Waals surface area contributed by atoms with Crippen LogP contribution >= 0.6 is 0 Å². The van der Waals surface area contributed by atoms with Crippen LogP contribution in [0.5, 0.6) is 11.5 Å². The van der Waals surface area contributed by atoms with Crippen molar-refractivity contribution in [1.82, 2.24) is 16.0 Å². The van der Waals surface area contributed by atoms with Crippen LogP contribution in [-0.2, 0) is 6.42 Å². The Bertz CT molecular complexity index is 848. The summed E-state index contributed by atoms with van der Waals surface area (Å²) >= 11 is 0. The van der Waals surface area contributed by atoms with E-state index < -0.39 is 0 Å². The first-order valence-corrected chi connectivity index (χ1v) is 10.7. The number of hydrogen-bond donors (Lipinski definition) is 3. The fraction of sp³-hybridized carbons (Fsp3) is 0.478. The Kier molecular flexibility index (Phi) is 10.3. The molecule has 0 bridgehead atoms. The smallest absolute Gasteiger partial charge is 0.287 e. The van der Waals surface area contributed by atoms with Gasteiger partial charge in [-0.05, 0) is 57.4 Å². The number of guanidine groups is 1. The van der Waals surface area contributed by atoms with E-state index in [9.17, 15) is 4.79 Å². The quantitative estimate of drug-likeness (QED) is 0.272. The van der Waals surface area contributed by atoms with Crippen molar-refractivity contribution < 1.29 is 18.7 Å². The number of hydrogen-bond acceptors (Lipinski definition) is 5. The van der Waals surface area contributed by atoms with E-state index in [0.717, 1.165) is 48.0 Å². The maximum absolute atomic E-state index is 12.0. The third-order valence-electron chi connectivity index (χ3n) is 4.54. The van der Waals surface area contributed by atoms with Gasteiger partial charge >= 0.3 is 0 Å². The van der Waals surface area contributed by atoms with Crippen molar-refractivity contribution in [2.75, 3.05) is 39.9 Å². The van der Waals surface area contributed by atoms with Crippen molar-refractivity contribution in [3.8, 4) is 11.5 Å². The van der Waals surface area contributed by atoms with Crippen LogP contribution in [0, 0.1) is 6.92 Å². The molecule has 2 aromatic rings. The summed E-state index contributed by atoms with van der Waals surface area (Å²) in [6, 6.07) is 7.80. The number of amides is 1. The molecule has 3 N–H and O–H groups in total. The Morgan fingerprint density at radius 1 is 1.00 bits per heavy atom. The average molecular weight is 431 g/mol. The van der Waals surface area contributed by atoms with Gasteiger partial charge in [-0.25, -0.2) is 0 Å². The van der Waals surface area contributed by atoms with Gasteiger partial charge in [0, 0.05) is 32.2 Å². The van der Waals surface area contributed by atoms with Gasteiger partial charge in [0.1, 0.15) is 0 Å². The van der Waals surface area contributed by atoms with Gasteiger partial charge in [-0.15, -0.1) is 0 Å². The molecule has 0 aliphatic rings. The van der Waals surface area contributed by atoms with E-state index in [1.165, 1.54) is 6.26 Å². The lowest BCUT2D eigenvalue weighted by molar-refractivity contribution is 0.0925. The van der Waals surface area contributed by atoms with E-state index >= 15 is 0 Å². The molecule has 8 nitrogen and oxygen atoms in total. The first-order chi connectivity index (χ1) is 15.1. The fourth-order valence-corrected chi connectivity index (χ4v) is 2.98. The van der Waals surface area contributed by atoms with Crippen molar-refractivity contribution in [3.63, 3.8) is 0 Å². The summed E-state index contributed by atoms with van der Waals surface area (Å²) in [6.45, 7) is 8.94. The zero-order chi connectivity index (χ0) is 22.5. The summed E-state index contributed by atoms with van der Waals surface area (Å²) in [6.07, 6.45) is 3.11. The van der Waals surface area contributed by atoms with Crippen molar-refractivity contribution >= 4 is 11.9 Å². The first kappa shape index (κ1) is 24.1. The second-order valence-corrected chi connectivity index (χ2v) is 6.87. The lowest BCUT2D eigenvalue weighted by atomic mass is 10.1. The molecule has 1 aromatic carbocycles. The number of carbonyl (C=O) groups is 1. The van der Waals surface area contributed by atoms with Gasteiger partial charge in [0.25, 0.3) is 5.91 Å². The van der Waals surface area contributed by atoms with E-state index in [0.29, 0.717) is 32.1 Å². The van der Waals surface area contributed by atoms with Gasteiger partial charge in [0.15, 0.2) is 23.2 Å². The van der Waals surface area contributed by atoms with Gasteiger partial charge in [0.05, 0.1) is 19.5 Å². The van der Waals surface area contributed by atoms with Gasteiger partial charge < -0.3 is 29.8 Å². The standard InChI is InChI=1S/C23H34N4O4/c1-5-29-19-9-8-18(16-20(19)30-6-2)10-14-27-23(24-4)26-13-7-12-25-22(28)21-17(3)11-15-31-21/h8-9,11,15-16H,5-7,10,12-14H2,1-4H3,(H,25,28)(H2,24,26,27). The molecule has 0 fully saturated rings. The van der Waals surface area contributed by atoms with Crippen molar-refractivity contribution in [3.05, 3.63) is 47.4 Å². The summed E-state index contributed by atoms with van der Waals surface area (Å²) in [5.74, 6) is 2.45. The minimum Gasteiger partial charge on any atom is -0.490 e. The number of ether oxygens (including phenoxy) is 2. The van der Waals surface area contributed by atoms with E-state index in [-0.39, 0.29) is 5.91 Å². The molecule has 31 heavy (non-hydrogen) atoms. The Balaban J connectivity index is 1.68. The molecule has 0 atom stereocenters. The normalized spacial score (nSPS) is 11.2. The maximum atomic E-state index is 12.0. The Labute approximate surface area is 184 Å². The topological polar surface area (TPSA) is 97.1 Å². The molecular formula is C23H34N4O4. The number of aliphatic imine (C=N–C) groups is 1. The molecule has 170 valence electrons. The molecule has 1 heterocycles. The number of nitrogens with one attached hydrogen (secondary N) is 3. The largest absolute Gasteiger partial charge is 0.490 e. The predicted octanol–water partition coefficient (Wildman–Crippen LogP) is 2.91. The second-order valence-electron chi connectivity index (χ2n) is 6.87. The van der Waals surface area contributed by atoms with Crippen LogP contribution in [0.3, 0.4) is 0 Å². The molecule has 2 rings (SSSR count). The van der Waals surface area contributed by atoms with Crippen LogP contribution in [0.1, 0.15) is 41.9 Å². The van der Waals surface area contributed by atoms with E-state index in [1.807, 2.05) is 32.9 Å². The van der Waals surface area contributed by atoms with Crippen LogP contribution in [0.4, 0.5) is 0 Å². The molecule has 0 aliphatic heterocycles. The van der Waals surface area contributed by atoms with E-state index in [1.54, 1.807) is 13.1 Å². The maximum Gasteiger partial charge on any atom is 0.287 e. The average Bonchev–Trinajstić information content (AvgIpc) is 3.20. The Morgan fingerprint density at radius 2 is 1.71 bits per heavy atom. The molecule has 8 heteroatoms. The lowest BCUT2D eigenvalue weighted by Crippen LogP contribution is -2.39. The highest BCUT2D eigenvalue weighted by atomic mass is 16.5. The monoisotopic (exact) mass is 430 g/mol.